The molecule has 0 aromatic heterocycles. The molecule has 4 aliphatic heterocycles. The summed E-state index contributed by atoms with van der Waals surface area (Å²) in [6, 6.07) is 35.7. The smallest absolute Gasteiger partial charge is 0.343 e. The first-order valence-electron chi connectivity index (χ1n) is 24.1. The van der Waals surface area contributed by atoms with Gasteiger partial charge in [0.05, 0.1) is 11.2 Å². The summed E-state index contributed by atoms with van der Waals surface area (Å²) in [5, 5.41) is 1.11. The van der Waals surface area contributed by atoms with E-state index in [0.29, 0.717) is 10.3 Å². The van der Waals surface area contributed by atoms with Crippen molar-refractivity contribution in [1.29, 1.82) is 0 Å². The van der Waals surface area contributed by atoms with Gasteiger partial charge in [-0.2, -0.15) is 18.2 Å². The summed E-state index contributed by atoms with van der Waals surface area (Å²) in [6.45, 7) is 9.28. The summed E-state index contributed by atoms with van der Waals surface area (Å²) in [5.74, 6) is 4.55. The molecule has 3 nitrogen and oxygen atoms in total. The SMILES string of the molecule is CC12CC3(C)OC(C)(CC(C)(O1)C3(CP)c1c(CP(C34CC5CC(CC(C5)C3)C4)C34CC5CC(CC(C5)C3)C4)cc(-c3ccccc3)[c-]1-c1ccccc1)O2.[Fe+2].c1cc[cH-]c1. The fourth-order valence-electron chi connectivity index (χ4n) is 18.1. The van der Waals surface area contributed by atoms with Crippen LogP contribution in [0.3, 0.4) is 0 Å². The Morgan fingerprint density at radius 1 is 0.623 bits per heavy atom. The predicted molar refractivity (Wildman–Crippen MR) is 250 cm³/mol. The van der Waals surface area contributed by atoms with Gasteiger partial charge >= 0.3 is 17.1 Å². The third-order valence-electron chi connectivity index (χ3n) is 18.5. The topological polar surface area (TPSA) is 27.7 Å². The van der Waals surface area contributed by atoms with E-state index < -0.39 is 22.8 Å². The van der Waals surface area contributed by atoms with Gasteiger partial charge in [0.25, 0.3) is 0 Å². The maximum absolute atomic E-state index is 7.45. The molecule has 8 saturated carbocycles. The summed E-state index contributed by atoms with van der Waals surface area (Å²) in [6.07, 6.45) is 22.0. The molecule has 61 heavy (non-hydrogen) atoms. The molecule has 16 rings (SSSR count). The van der Waals surface area contributed by atoms with E-state index in [-0.39, 0.29) is 30.4 Å². The zero-order chi connectivity index (χ0) is 40.8. The number of hydrogen-bond acceptors (Lipinski definition) is 3. The molecule has 0 spiro atoms. The first kappa shape index (κ1) is 42.1. The number of rotatable bonds is 8. The Kier molecular flexibility index (Phi) is 10.1. The Morgan fingerprint density at radius 2 is 1.07 bits per heavy atom. The molecule has 4 aromatic carbocycles. The van der Waals surface area contributed by atoms with Crippen LogP contribution in [0.4, 0.5) is 0 Å². The molecular weight excluding hydrogens is 826 g/mol. The van der Waals surface area contributed by atoms with Crippen LogP contribution in [-0.4, -0.2) is 39.3 Å². The first-order valence-corrected chi connectivity index (χ1v) is 26.4. The molecule has 0 N–H and O–H groups in total. The van der Waals surface area contributed by atoms with E-state index in [4.69, 9.17) is 14.2 Å². The van der Waals surface area contributed by atoms with E-state index in [1.807, 2.05) is 30.3 Å². The monoisotopic (exact) mass is 894 g/mol. The van der Waals surface area contributed by atoms with Crippen molar-refractivity contribution in [3.63, 3.8) is 0 Å². The summed E-state index contributed by atoms with van der Waals surface area (Å²) in [5.41, 5.74) is 7.42. The minimum Gasteiger partial charge on any atom is -0.343 e. The van der Waals surface area contributed by atoms with Crippen LogP contribution in [0.5, 0.6) is 0 Å². The van der Waals surface area contributed by atoms with Gasteiger partial charge in [-0.15, -0.1) is 38.6 Å². The van der Waals surface area contributed by atoms with E-state index in [9.17, 15) is 0 Å². The fraction of sp³-hybridized carbons (Fsp3) is 0.600. The maximum atomic E-state index is 7.45. The van der Waals surface area contributed by atoms with Gasteiger partial charge in [0.2, 0.25) is 0 Å². The van der Waals surface area contributed by atoms with Crippen LogP contribution in [-0.2, 0) is 42.9 Å². The van der Waals surface area contributed by atoms with Crippen LogP contribution < -0.4 is 0 Å². The number of benzene rings is 2. The normalized spacial score (nSPS) is 44.7. The zero-order valence-corrected chi connectivity index (χ0v) is 40.3. The van der Waals surface area contributed by atoms with Gasteiger partial charge in [0.15, 0.2) is 11.6 Å². The molecule has 12 bridgehead atoms. The molecule has 4 heterocycles. The third-order valence-corrected chi connectivity index (χ3v) is 23.2. The second-order valence-corrected chi connectivity index (χ2v) is 26.4. The van der Waals surface area contributed by atoms with Gasteiger partial charge in [-0.3, -0.25) is 0 Å². The molecule has 324 valence electrons. The van der Waals surface area contributed by atoms with Crippen molar-refractivity contribution in [2.24, 2.45) is 35.5 Å². The van der Waals surface area contributed by atoms with E-state index in [1.54, 1.807) is 11.1 Å². The molecule has 12 fully saturated rings. The maximum Gasteiger partial charge on any atom is 2.00 e. The fourth-order valence-corrected chi connectivity index (χ4v) is 24.3. The first-order chi connectivity index (χ1) is 28.9. The van der Waals surface area contributed by atoms with E-state index in [2.05, 4.69) is 104 Å². The average Bonchev–Trinajstić information content (AvgIpc) is 3.88. The quantitative estimate of drug-likeness (QED) is 0.100. The van der Waals surface area contributed by atoms with Crippen molar-refractivity contribution in [2.75, 3.05) is 6.16 Å². The summed E-state index contributed by atoms with van der Waals surface area (Å²) in [7, 11) is 3.03. The molecule has 5 unspecified atom stereocenters. The van der Waals surface area contributed by atoms with Crippen LogP contribution in [0.15, 0.2) is 97.1 Å². The Bertz CT molecular complexity index is 2050. The van der Waals surface area contributed by atoms with Crippen LogP contribution in [0.25, 0.3) is 22.3 Å². The Labute approximate surface area is 380 Å². The van der Waals surface area contributed by atoms with E-state index in [1.165, 1.54) is 105 Å². The van der Waals surface area contributed by atoms with Crippen LogP contribution in [0.2, 0.25) is 0 Å². The molecular formula is C55H68FeO3P2. The molecule has 0 amide bonds. The average molecular weight is 895 g/mol. The van der Waals surface area contributed by atoms with E-state index >= 15 is 0 Å². The molecule has 4 saturated heterocycles. The van der Waals surface area contributed by atoms with Crippen molar-refractivity contribution in [1.82, 2.24) is 0 Å². The van der Waals surface area contributed by atoms with Crippen LogP contribution >= 0.6 is 17.2 Å². The van der Waals surface area contributed by atoms with Crippen molar-refractivity contribution < 1.29 is 31.3 Å². The summed E-state index contributed by atoms with van der Waals surface area (Å²) in [4.78, 5) is 0. The van der Waals surface area contributed by atoms with E-state index in [0.717, 1.165) is 54.5 Å². The standard InChI is InChI=1S/C50H63O3P2.C5H5.Fe/c1-44-29-46(3)52-45(2,30-47(4,51-44)53-46)50(44,31-54)43-40(21-41(38-11-7-5-8-12-38)42(43)39-13-9-6-10-14-39)28-55(48-22-32-15-33(23-48)17-34(16-32)24-48)49-25-35-18-36(26-49)20-37(19-35)27-49;1-2-4-5-3-1;/h5-14,21,32-37H,15-20,22-31,54H2,1-4H3;1-5H;/q2*-1;+2. The number of hydrogen-bond donors (Lipinski definition) is 0. The molecule has 4 aromatic rings. The second kappa shape index (κ2) is 14.7. The largest absolute Gasteiger partial charge is 2.00 e. The van der Waals surface area contributed by atoms with Gasteiger partial charge in [0.1, 0.15) is 0 Å². The van der Waals surface area contributed by atoms with Gasteiger partial charge in [-0.1, -0.05) is 78.7 Å². The van der Waals surface area contributed by atoms with Crippen LogP contribution in [0.1, 0.15) is 129 Å². The van der Waals surface area contributed by atoms with Crippen molar-refractivity contribution in [3.8, 4) is 22.3 Å². The summed E-state index contributed by atoms with van der Waals surface area (Å²) < 4.78 is 21.6. The molecule has 12 aliphatic rings. The third kappa shape index (κ3) is 6.40. The second-order valence-electron chi connectivity index (χ2n) is 22.9. The molecule has 6 heteroatoms. The van der Waals surface area contributed by atoms with Gasteiger partial charge in [-0.05, 0) is 163 Å². The minimum atomic E-state index is -0.662. The molecule has 5 atom stereocenters. The van der Waals surface area contributed by atoms with Crippen molar-refractivity contribution in [2.45, 2.75) is 162 Å². The number of ether oxygens (including phenoxy) is 3. The van der Waals surface area contributed by atoms with Crippen LogP contribution in [0, 0.1) is 35.5 Å². The van der Waals surface area contributed by atoms with Crippen molar-refractivity contribution >= 4 is 17.2 Å². The molecule has 8 aliphatic carbocycles. The predicted octanol–water partition coefficient (Wildman–Crippen LogP) is 14.0. The Balaban J connectivity index is 0.000000656. The Hall–Kier alpha value is -1.60. The van der Waals surface area contributed by atoms with Gasteiger partial charge < -0.3 is 14.2 Å². The summed E-state index contributed by atoms with van der Waals surface area (Å²) >= 11 is 0. The van der Waals surface area contributed by atoms with Crippen molar-refractivity contribution in [3.05, 3.63) is 108 Å². The molecule has 0 radical (unpaired) electrons. The Morgan fingerprint density at radius 3 is 1.48 bits per heavy atom. The van der Waals surface area contributed by atoms with Gasteiger partial charge in [-0.25, -0.2) is 12.1 Å². The van der Waals surface area contributed by atoms with Gasteiger partial charge in [0, 0.05) is 18.3 Å². The zero-order valence-electron chi connectivity index (χ0n) is 37.1. The minimum absolute atomic E-state index is 0.